The number of benzene rings is 1. The standard InChI is InChI=1S/C25H31N5O3/c1-4-22(16-6-12-19(33-3)13-7-16)29-25(32)21-14-26-24-20(15-27-30(24)5-2)23(21)28-17-8-10-18(31)11-9-17/h6-7,12-15,17,22H,4-5,8-11H2,1-3H3,(H,26,28)(H,29,32). The summed E-state index contributed by atoms with van der Waals surface area (Å²) in [5.74, 6) is 0.889. The van der Waals surface area contributed by atoms with Gasteiger partial charge >= 0.3 is 0 Å². The van der Waals surface area contributed by atoms with E-state index in [1.54, 1.807) is 19.5 Å². The minimum Gasteiger partial charge on any atom is -0.497 e. The molecule has 0 radical (unpaired) electrons. The van der Waals surface area contributed by atoms with Crippen molar-refractivity contribution in [2.24, 2.45) is 0 Å². The van der Waals surface area contributed by atoms with Crippen molar-refractivity contribution in [3.8, 4) is 5.75 Å². The normalized spacial score (nSPS) is 15.4. The number of ketones is 1. The Balaban J connectivity index is 1.64. The minimum atomic E-state index is -0.189. The van der Waals surface area contributed by atoms with E-state index in [0.717, 1.165) is 47.3 Å². The Bertz CT molecular complexity index is 1130. The first-order valence-electron chi connectivity index (χ1n) is 11.6. The fraction of sp³-hybridized carbons (Fsp3) is 0.440. The van der Waals surface area contributed by atoms with E-state index in [1.807, 2.05) is 42.8 Å². The number of hydrogen-bond donors (Lipinski definition) is 2. The van der Waals surface area contributed by atoms with Gasteiger partial charge in [0.1, 0.15) is 11.5 Å². The molecule has 2 aromatic heterocycles. The van der Waals surface area contributed by atoms with E-state index in [2.05, 4.69) is 20.7 Å². The number of hydrogen-bond acceptors (Lipinski definition) is 6. The number of pyridine rings is 1. The van der Waals surface area contributed by atoms with Crippen LogP contribution in [-0.2, 0) is 11.3 Å². The maximum atomic E-state index is 13.4. The third-order valence-corrected chi connectivity index (χ3v) is 6.33. The van der Waals surface area contributed by atoms with E-state index in [0.29, 0.717) is 30.7 Å². The number of carbonyl (C=O) groups excluding carboxylic acids is 2. The molecule has 33 heavy (non-hydrogen) atoms. The molecule has 174 valence electrons. The van der Waals surface area contributed by atoms with Crippen LogP contribution in [0.25, 0.3) is 11.0 Å². The Labute approximate surface area is 193 Å². The largest absolute Gasteiger partial charge is 0.497 e. The average Bonchev–Trinajstić information content (AvgIpc) is 3.27. The summed E-state index contributed by atoms with van der Waals surface area (Å²) in [4.78, 5) is 29.7. The molecule has 1 aliphatic carbocycles. The molecule has 1 aromatic carbocycles. The van der Waals surface area contributed by atoms with Gasteiger partial charge in [0.15, 0.2) is 5.65 Å². The summed E-state index contributed by atoms with van der Waals surface area (Å²) in [6.45, 7) is 4.74. The number of carbonyl (C=O) groups is 2. The number of aromatic nitrogens is 3. The van der Waals surface area contributed by atoms with Crippen LogP contribution in [0.3, 0.4) is 0 Å². The highest BCUT2D eigenvalue weighted by Crippen LogP contribution is 2.30. The Morgan fingerprint density at radius 2 is 1.91 bits per heavy atom. The van der Waals surface area contributed by atoms with Gasteiger partial charge in [0, 0.05) is 31.6 Å². The van der Waals surface area contributed by atoms with Crippen LogP contribution in [0.5, 0.6) is 5.75 Å². The number of methoxy groups -OCH3 is 1. The van der Waals surface area contributed by atoms with Gasteiger partial charge in [0.05, 0.1) is 36.0 Å². The van der Waals surface area contributed by atoms with Crippen LogP contribution in [-0.4, -0.2) is 39.6 Å². The van der Waals surface area contributed by atoms with E-state index in [9.17, 15) is 9.59 Å². The van der Waals surface area contributed by atoms with Crippen molar-refractivity contribution in [2.45, 2.75) is 64.6 Å². The zero-order chi connectivity index (χ0) is 23.4. The second-order valence-electron chi connectivity index (χ2n) is 8.41. The minimum absolute atomic E-state index is 0.133. The molecule has 0 saturated heterocycles. The molecule has 1 saturated carbocycles. The fourth-order valence-corrected chi connectivity index (χ4v) is 4.37. The quantitative estimate of drug-likeness (QED) is 0.533. The maximum Gasteiger partial charge on any atom is 0.255 e. The van der Waals surface area contributed by atoms with Gasteiger partial charge in [0.25, 0.3) is 5.91 Å². The van der Waals surface area contributed by atoms with Crippen LogP contribution in [0.1, 0.15) is 67.9 Å². The molecule has 0 bridgehead atoms. The smallest absolute Gasteiger partial charge is 0.255 e. The Hall–Kier alpha value is -3.42. The lowest BCUT2D eigenvalue weighted by Crippen LogP contribution is -2.31. The SMILES string of the molecule is CCC(NC(=O)c1cnc2c(cnn2CC)c1NC1CCC(=O)CC1)c1ccc(OC)cc1. The van der Waals surface area contributed by atoms with Crippen LogP contribution >= 0.6 is 0 Å². The molecule has 0 aliphatic heterocycles. The molecular formula is C25H31N5O3. The van der Waals surface area contributed by atoms with Gasteiger partial charge in [-0.25, -0.2) is 9.67 Å². The second kappa shape index (κ2) is 10.0. The molecule has 1 aliphatic rings. The lowest BCUT2D eigenvalue weighted by atomic mass is 9.94. The maximum absolute atomic E-state index is 13.4. The molecule has 1 fully saturated rings. The van der Waals surface area contributed by atoms with E-state index in [1.165, 1.54) is 0 Å². The zero-order valence-electron chi connectivity index (χ0n) is 19.4. The highest BCUT2D eigenvalue weighted by Gasteiger charge is 2.25. The second-order valence-corrected chi connectivity index (χ2v) is 8.41. The van der Waals surface area contributed by atoms with E-state index >= 15 is 0 Å². The van der Waals surface area contributed by atoms with Crippen molar-refractivity contribution in [3.63, 3.8) is 0 Å². The molecule has 3 aromatic rings. The molecule has 1 atom stereocenters. The first-order chi connectivity index (χ1) is 16.0. The number of fused-ring (bicyclic) bond motifs is 1. The number of nitrogens with one attached hydrogen (secondary N) is 2. The van der Waals surface area contributed by atoms with Crippen molar-refractivity contribution in [1.82, 2.24) is 20.1 Å². The first-order valence-corrected chi connectivity index (χ1v) is 11.6. The summed E-state index contributed by atoms with van der Waals surface area (Å²) in [6.07, 6.45) is 6.79. The summed E-state index contributed by atoms with van der Waals surface area (Å²) in [6, 6.07) is 7.73. The molecular weight excluding hydrogens is 418 g/mol. The van der Waals surface area contributed by atoms with Gasteiger partial charge < -0.3 is 15.4 Å². The van der Waals surface area contributed by atoms with Gasteiger partial charge in [-0.05, 0) is 43.9 Å². The highest BCUT2D eigenvalue weighted by molar-refractivity contribution is 6.06. The number of amides is 1. The van der Waals surface area contributed by atoms with Crippen LogP contribution in [0.15, 0.2) is 36.7 Å². The molecule has 8 nitrogen and oxygen atoms in total. The topological polar surface area (TPSA) is 98.1 Å². The lowest BCUT2D eigenvalue weighted by Gasteiger charge is -2.25. The van der Waals surface area contributed by atoms with Crippen LogP contribution in [0.2, 0.25) is 0 Å². The predicted octanol–water partition coefficient (Wildman–Crippen LogP) is 4.26. The molecule has 0 spiro atoms. The molecule has 4 rings (SSSR count). The fourth-order valence-electron chi connectivity index (χ4n) is 4.37. The van der Waals surface area contributed by atoms with Crippen LogP contribution in [0.4, 0.5) is 5.69 Å². The molecule has 1 amide bonds. The van der Waals surface area contributed by atoms with Crippen molar-refractivity contribution in [3.05, 3.63) is 47.8 Å². The Morgan fingerprint density at radius 1 is 1.18 bits per heavy atom. The van der Waals surface area contributed by atoms with Crippen molar-refractivity contribution in [2.75, 3.05) is 12.4 Å². The third-order valence-electron chi connectivity index (χ3n) is 6.33. The van der Waals surface area contributed by atoms with E-state index in [-0.39, 0.29) is 18.0 Å². The molecule has 1 unspecified atom stereocenters. The van der Waals surface area contributed by atoms with Crippen LogP contribution < -0.4 is 15.4 Å². The summed E-state index contributed by atoms with van der Waals surface area (Å²) in [5.41, 5.74) is 2.98. The first kappa shape index (κ1) is 22.8. The number of ether oxygens (including phenoxy) is 1. The Morgan fingerprint density at radius 3 is 2.55 bits per heavy atom. The zero-order valence-corrected chi connectivity index (χ0v) is 19.4. The predicted molar refractivity (Wildman–Crippen MR) is 128 cm³/mol. The number of aryl methyl sites for hydroxylation is 1. The van der Waals surface area contributed by atoms with Gasteiger partial charge in [-0.1, -0.05) is 19.1 Å². The number of Topliss-reactive ketones (excluding diaryl/α,β-unsaturated/α-hetero) is 1. The van der Waals surface area contributed by atoms with Crippen molar-refractivity contribution >= 4 is 28.4 Å². The summed E-state index contributed by atoms with van der Waals surface area (Å²) in [7, 11) is 1.63. The van der Waals surface area contributed by atoms with Crippen molar-refractivity contribution < 1.29 is 14.3 Å². The van der Waals surface area contributed by atoms with Crippen LogP contribution in [0, 0.1) is 0 Å². The summed E-state index contributed by atoms with van der Waals surface area (Å²) >= 11 is 0. The van der Waals surface area contributed by atoms with E-state index < -0.39 is 0 Å². The van der Waals surface area contributed by atoms with Crippen molar-refractivity contribution in [1.29, 1.82) is 0 Å². The number of rotatable bonds is 8. The molecule has 2 heterocycles. The van der Waals surface area contributed by atoms with E-state index in [4.69, 9.17) is 4.74 Å². The number of anilines is 1. The summed E-state index contributed by atoms with van der Waals surface area (Å²) in [5, 5.41) is 12.0. The molecule has 8 heteroatoms. The van der Waals surface area contributed by atoms with Gasteiger partial charge in [-0.3, -0.25) is 9.59 Å². The monoisotopic (exact) mass is 449 g/mol. The van der Waals surface area contributed by atoms with Gasteiger partial charge in [-0.2, -0.15) is 5.10 Å². The third kappa shape index (κ3) is 4.84. The van der Waals surface area contributed by atoms with Gasteiger partial charge in [0.2, 0.25) is 0 Å². The summed E-state index contributed by atoms with van der Waals surface area (Å²) < 4.78 is 7.07. The highest BCUT2D eigenvalue weighted by atomic mass is 16.5. The Kier molecular flexibility index (Phi) is 6.91. The lowest BCUT2D eigenvalue weighted by molar-refractivity contribution is -0.120. The molecule has 2 N–H and O–H groups in total. The van der Waals surface area contributed by atoms with Gasteiger partial charge in [-0.15, -0.1) is 0 Å². The average molecular weight is 450 g/mol. The number of nitrogens with zero attached hydrogens (tertiary/aromatic N) is 3.